The van der Waals surface area contributed by atoms with E-state index in [9.17, 15) is 13.2 Å². The molecule has 4 rings (SSSR count). The van der Waals surface area contributed by atoms with Gasteiger partial charge in [0.15, 0.2) is 0 Å². The van der Waals surface area contributed by atoms with Gasteiger partial charge < -0.3 is 0 Å². The highest BCUT2D eigenvalue weighted by Crippen LogP contribution is 2.21. The monoisotopic (exact) mass is 432 g/mol. The third kappa shape index (κ3) is 4.93. The van der Waals surface area contributed by atoms with Crippen LogP contribution in [0.2, 0.25) is 0 Å². The molecule has 2 heterocycles. The maximum Gasteiger partial charge on any atom is 0.266 e. The van der Waals surface area contributed by atoms with Crippen molar-refractivity contribution in [2.24, 2.45) is 0 Å². The number of nitrogens with one attached hydrogen (secondary N) is 1. The molecule has 0 aliphatic rings. The second-order valence-electron chi connectivity index (χ2n) is 6.80. The van der Waals surface area contributed by atoms with Gasteiger partial charge in [-0.25, -0.2) is 17.8 Å². The van der Waals surface area contributed by atoms with Gasteiger partial charge in [0.2, 0.25) is 10.0 Å². The van der Waals surface area contributed by atoms with Gasteiger partial charge in [-0.05, 0) is 41.5 Å². The Morgan fingerprint density at radius 1 is 0.774 bits per heavy atom. The zero-order valence-corrected chi connectivity index (χ0v) is 17.4. The van der Waals surface area contributed by atoms with Crippen LogP contribution < -0.4 is 10.3 Å². The van der Waals surface area contributed by atoms with Crippen molar-refractivity contribution >= 4 is 10.0 Å². The number of hydrogen-bond donors (Lipinski definition) is 1. The Bertz CT molecular complexity index is 1320. The molecule has 0 bridgehead atoms. The fourth-order valence-corrected chi connectivity index (χ4v) is 4.13. The third-order valence-electron chi connectivity index (χ3n) is 4.73. The van der Waals surface area contributed by atoms with Gasteiger partial charge in [-0.1, -0.05) is 42.5 Å². The van der Waals surface area contributed by atoms with Crippen molar-refractivity contribution in [1.82, 2.24) is 19.5 Å². The summed E-state index contributed by atoms with van der Waals surface area (Å²) in [5.41, 5.74) is 3.08. The van der Waals surface area contributed by atoms with Crippen LogP contribution in [0.3, 0.4) is 0 Å². The van der Waals surface area contributed by atoms with Crippen LogP contribution in [0.25, 0.3) is 22.4 Å². The lowest BCUT2D eigenvalue weighted by atomic mass is 10.1. The molecular weight excluding hydrogens is 412 g/mol. The molecule has 0 amide bonds. The molecule has 4 aromatic rings. The van der Waals surface area contributed by atoms with E-state index in [0.717, 1.165) is 16.7 Å². The first-order valence-corrected chi connectivity index (χ1v) is 11.1. The summed E-state index contributed by atoms with van der Waals surface area (Å²) in [6.45, 7) is 0.147. The molecule has 7 nitrogen and oxygen atoms in total. The molecule has 0 spiro atoms. The van der Waals surface area contributed by atoms with Gasteiger partial charge in [-0.15, -0.1) is 0 Å². The van der Waals surface area contributed by atoms with Crippen LogP contribution in [0.15, 0.2) is 101 Å². The first-order chi connectivity index (χ1) is 15.0. The van der Waals surface area contributed by atoms with Gasteiger partial charge in [0.25, 0.3) is 5.56 Å². The van der Waals surface area contributed by atoms with E-state index in [-0.39, 0.29) is 23.5 Å². The Labute approximate surface area is 180 Å². The maximum absolute atomic E-state index is 12.6. The van der Waals surface area contributed by atoms with Crippen molar-refractivity contribution in [2.45, 2.75) is 11.4 Å². The summed E-state index contributed by atoms with van der Waals surface area (Å²) in [5.74, 6) is 0. The predicted octanol–water partition coefficient (Wildman–Crippen LogP) is 2.95. The quantitative estimate of drug-likeness (QED) is 0.485. The molecular formula is C23H20N4O3S. The van der Waals surface area contributed by atoms with E-state index in [4.69, 9.17) is 0 Å². The van der Waals surface area contributed by atoms with Crippen molar-refractivity contribution in [3.8, 4) is 22.4 Å². The lowest BCUT2D eigenvalue weighted by Crippen LogP contribution is -2.32. The number of sulfonamides is 1. The fourth-order valence-electron chi connectivity index (χ4n) is 3.11. The van der Waals surface area contributed by atoms with E-state index >= 15 is 0 Å². The van der Waals surface area contributed by atoms with E-state index < -0.39 is 10.0 Å². The van der Waals surface area contributed by atoms with Crippen LogP contribution in [-0.4, -0.2) is 29.7 Å². The molecule has 0 saturated heterocycles. The Balaban J connectivity index is 1.44. The van der Waals surface area contributed by atoms with Gasteiger partial charge in [0, 0.05) is 30.6 Å². The van der Waals surface area contributed by atoms with E-state index in [1.54, 1.807) is 54.9 Å². The zero-order chi connectivity index (χ0) is 21.7. The summed E-state index contributed by atoms with van der Waals surface area (Å²) < 4.78 is 29.0. The average molecular weight is 433 g/mol. The summed E-state index contributed by atoms with van der Waals surface area (Å²) in [6.07, 6.45) is 3.29. The summed E-state index contributed by atoms with van der Waals surface area (Å²) in [5, 5.41) is 4.32. The first-order valence-electron chi connectivity index (χ1n) is 9.67. The highest BCUT2D eigenvalue weighted by molar-refractivity contribution is 7.89. The molecule has 2 aromatic heterocycles. The summed E-state index contributed by atoms with van der Waals surface area (Å²) in [6, 6.07) is 23.0. The second-order valence-corrected chi connectivity index (χ2v) is 8.57. The molecule has 0 saturated carbocycles. The number of hydrogen-bond acceptors (Lipinski definition) is 5. The zero-order valence-electron chi connectivity index (χ0n) is 16.5. The molecule has 0 unspecified atom stereocenters. The van der Waals surface area contributed by atoms with E-state index in [0.29, 0.717) is 5.69 Å². The Morgan fingerprint density at radius 2 is 1.45 bits per heavy atom. The molecule has 1 N–H and O–H groups in total. The second kappa shape index (κ2) is 9.03. The average Bonchev–Trinajstić information content (AvgIpc) is 2.81. The van der Waals surface area contributed by atoms with Crippen LogP contribution in [0.1, 0.15) is 0 Å². The van der Waals surface area contributed by atoms with Crippen LogP contribution in [0.5, 0.6) is 0 Å². The summed E-state index contributed by atoms with van der Waals surface area (Å²) in [7, 11) is -3.71. The number of pyridine rings is 1. The van der Waals surface area contributed by atoms with Crippen LogP contribution >= 0.6 is 0 Å². The lowest BCUT2D eigenvalue weighted by Gasteiger charge is -2.10. The van der Waals surface area contributed by atoms with Crippen LogP contribution in [-0.2, 0) is 16.6 Å². The largest absolute Gasteiger partial charge is 0.268 e. The van der Waals surface area contributed by atoms with E-state index in [1.807, 2.05) is 30.3 Å². The third-order valence-corrected chi connectivity index (χ3v) is 6.21. The highest BCUT2D eigenvalue weighted by atomic mass is 32.2. The minimum absolute atomic E-state index is 0.0372. The molecule has 2 aromatic carbocycles. The Morgan fingerprint density at radius 3 is 2.16 bits per heavy atom. The van der Waals surface area contributed by atoms with Gasteiger partial charge in [-0.3, -0.25) is 9.78 Å². The van der Waals surface area contributed by atoms with Crippen molar-refractivity contribution in [1.29, 1.82) is 0 Å². The smallest absolute Gasteiger partial charge is 0.266 e. The number of aromatic nitrogens is 3. The van der Waals surface area contributed by atoms with Crippen molar-refractivity contribution in [2.75, 3.05) is 6.54 Å². The van der Waals surface area contributed by atoms with Crippen molar-refractivity contribution < 1.29 is 8.42 Å². The van der Waals surface area contributed by atoms with Crippen LogP contribution in [0, 0.1) is 0 Å². The molecule has 0 aliphatic carbocycles. The van der Waals surface area contributed by atoms with Crippen molar-refractivity contribution in [3.63, 3.8) is 0 Å². The molecule has 31 heavy (non-hydrogen) atoms. The molecule has 156 valence electrons. The Kier molecular flexibility index (Phi) is 6.01. The van der Waals surface area contributed by atoms with Crippen molar-refractivity contribution in [3.05, 3.63) is 102 Å². The summed E-state index contributed by atoms with van der Waals surface area (Å²) in [4.78, 5) is 16.2. The number of rotatable bonds is 7. The fraction of sp³-hybridized carbons (Fsp3) is 0.0870. The number of benzene rings is 2. The van der Waals surface area contributed by atoms with E-state index in [2.05, 4.69) is 14.8 Å². The topological polar surface area (TPSA) is 93.9 Å². The van der Waals surface area contributed by atoms with Gasteiger partial charge in [0.1, 0.15) is 0 Å². The molecule has 0 atom stereocenters. The maximum atomic E-state index is 12.6. The Hall–Kier alpha value is -3.62. The molecule has 8 heteroatoms. The van der Waals surface area contributed by atoms with Gasteiger partial charge in [0.05, 0.1) is 17.1 Å². The predicted molar refractivity (Wildman–Crippen MR) is 119 cm³/mol. The van der Waals surface area contributed by atoms with Gasteiger partial charge >= 0.3 is 0 Å². The van der Waals surface area contributed by atoms with E-state index in [1.165, 1.54) is 10.7 Å². The number of nitrogens with zero attached hydrogens (tertiary/aromatic N) is 3. The van der Waals surface area contributed by atoms with Crippen LogP contribution in [0.4, 0.5) is 0 Å². The minimum atomic E-state index is -3.71. The molecule has 0 fully saturated rings. The first kappa shape index (κ1) is 20.6. The molecule has 0 radical (unpaired) electrons. The highest BCUT2D eigenvalue weighted by Gasteiger charge is 2.14. The minimum Gasteiger partial charge on any atom is -0.268 e. The standard InChI is InChI=1S/C23H20N4O3S/c28-23-11-10-22(20-12-14-24-15-13-20)26-27(23)17-16-25-31(29,30)21-8-6-19(7-9-21)18-4-2-1-3-5-18/h1-15,25H,16-17H2. The van der Waals surface area contributed by atoms with Gasteiger partial charge in [-0.2, -0.15) is 5.10 Å². The molecule has 0 aliphatic heterocycles. The normalized spacial score (nSPS) is 11.4. The lowest BCUT2D eigenvalue weighted by molar-refractivity contribution is 0.549. The summed E-state index contributed by atoms with van der Waals surface area (Å²) >= 11 is 0. The SMILES string of the molecule is O=c1ccc(-c2ccncc2)nn1CCNS(=O)(=O)c1ccc(-c2ccccc2)cc1.